The van der Waals surface area contributed by atoms with Crippen molar-refractivity contribution in [3.8, 4) is 0 Å². The van der Waals surface area contributed by atoms with Gasteiger partial charge in [-0.25, -0.2) is 14.6 Å². The fourth-order valence-electron chi connectivity index (χ4n) is 3.51. The third-order valence-electron chi connectivity index (χ3n) is 5.12. The lowest BCUT2D eigenvalue weighted by Crippen LogP contribution is -2.55. The Hall–Kier alpha value is -3.18. The van der Waals surface area contributed by atoms with E-state index in [2.05, 4.69) is 16.1 Å². The van der Waals surface area contributed by atoms with Crippen molar-refractivity contribution in [1.29, 1.82) is 0 Å². The van der Waals surface area contributed by atoms with E-state index in [-0.39, 0.29) is 25.2 Å². The first-order chi connectivity index (χ1) is 16.6. The topological polar surface area (TPSA) is 135 Å². The molecular formula is C24H36N4O7. The summed E-state index contributed by atoms with van der Waals surface area (Å²) in [5, 5.41) is 6.37. The highest BCUT2D eigenvalue weighted by molar-refractivity contribution is 5.95. The number of alkyl carbamates (subject to hydrolysis) is 1. The van der Waals surface area contributed by atoms with E-state index in [9.17, 15) is 19.2 Å². The van der Waals surface area contributed by atoms with E-state index in [0.29, 0.717) is 12.8 Å². The van der Waals surface area contributed by atoms with Crippen LogP contribution < -0.4 is 16.1 Å². The second-order valence-corrected chi connectivity index (χ2v) is 9.22. The van der Waals surface area contributed by atoms with Gasteiger partial charge in [-0.15, -0.1) is 0 Å². The van der Waals surface area contributed by atoms with Gasteiger partial charge in [-0.3, -0.25) is 9.59 Å². The zero-order valence-electron chi connectivity index (χ0n) is 20.9. The molecule has 1 fully saturated rings. The molecule has 3 N–H and O–H groups in total. The van der Waals surface area contributed by atoms with Crippen LogP contribution in [0.5, 0.6) is 0 Å². The quantitative estimate of drug-likeness (QED) is 0.382. The fourth-order valence-corrected chi connectivity index (χ4v) is 3.51. The van der Waals surface area contributed by atoms with Crippen molar-refractivity contribution in [2.45, 2.75) is 65.5 Å². The van der Waals surface area contributed by atoms with Gasteiger partial charge in [0.1, 0.15) is 19.4 Å². The largest absolute Gasteiger partial charge is 0.445 e. The van der Waals surface area contributed by atoms with Crippen LogP contribution in [0.25, 0.3) is 0 Å². The number of hydrogen-bond donors (Lipinski definition) is 3. The van der Waals surface area contributed by atoms with Crippen molar-refractivity contribution in [3.63, 3.8) is 0 Å². The number of nitrogens with one attached hydrogen (secondary N) is 3. The number of methoxy groups -OCH3 is 1. The Morgan fingerprint density at radius 3 is 2.26 bits per heavy atom. The first-order valence-electron chi connectivity index (χ1n) is 11.6. The molecule has 1 aliphatic heterocycles. The van der Waals surface area contributed by atoms with Crippen molar-refractivity contribution < 1.29 is 33.4 Å². The summed E-state index contributed by atoms with van der Waals surface area (Å²) in [4.78, 5) is 50.6. The molecule has 0 saturated carbocycles. The highest BCUT2D eigenvalue weighted by atomic mass is 16.6. The lowest BCUT2D eigenvalue weighted by molar-refractivity contribution is -0.134. The average molecular weight is 493 g/mol. The molecule has 0 radical (unpaired) electrons. The fraction of sp³-hybridized carbons (Fsp3) is 0.583. The van der Waals surface area contributed by atoms with Gasteiger partial charge in [-0.1, -0.05) is 58.0 Å². The van der Waals surface area contributed by atoms with Crippen molar-refractivity contribution >= 4 is 23.9 Å². The number of nitrogens with zero attached hydrogens (tertiary/aromatic N) is 1. The first-order valence-corrected chi connectivity index (χ1v) is 11.6. The molecule has 0 spiro atoms. The summed E-state index contributed by atoms with van der Waals surface area (Å²) >= 11 is 0. The van der Waals surface area contributed by atoms with E-state index < -0.39 is 42.2 Å². The molecule has 194 valence electrons. The molecule has 1 heterocycles. The van der Waals surface area contributed by atoms with Gasteiger partial charge in [0.2, 0.25) is 17.9 Å². The van der Waals surface area contributed by atoms with Crippen LogP contribution in [0.2, 0.25) is 0 Å². The summed E-state index contributed by atoms with van der Waals surface area (Å²) in [7, 11) is 1.40. The molecule has 1 aromatic carbocycles. The molecule has 11 heteroatoms. The Morgan fingerprint density at radius 2 is 1.66 bits per heavy atom. The predicted molar refractivity (Wildman–Crippen MR) is 127 cm³/mol. The number of hydrazine groups is 1. The van der Waals surface area contributed by atoms with Gasteiger partial charge in [0.25, 0.3) is 0 Å². The maximum absolute atomic E-state index is 13.1. The van der Waals surface area contributed by atoms with Crippen LogP contribution in [0.15, 0.2) is 30.3 Å². The summed E-state index contributed by atoms with van der Waals surface area (Å²) in [5.41, 5.74) is 3.46. The molecule has 1 aliphatic rings. The lowest BCUT2D eigenvalue weighted by atomic mass is 9.97. The monoisotopic (exact) mass is 492 g/mol. The summed E-state index contributed by atoms with van der Waals surface area (Å²) in [6.07, 6.45) is -2.08. The van der Waals surface area contributed by atoms with Crippen LogP contribution in [0.4, 0.5) is 9.59 Å². The van der Waals surface area contributed by atoms with E-state index in [1.807, 2.05) is 58.0 Å². The summed E-state index contributed by atoms with van der Waals surface area (Å²) in [6, 6.07) is 7.33. The first kappa shape index (κ1) is 28.1. The number of amides is 3. The molecule has 1 unspecified atom stereocenters. The Morgan fingerprint density at radius 1 is 1.03 bits per heavy atom. The van der Waals surface area contributed by atoms with Crippen molar-refractivity contribution in [2.24, 2.45) is 11.8 Å². The van der Waals surface area contributed by atoms with Crippen LogP contribution in [-0.4, -0.2) is 61.0 Å². The second kappa shape index (κ2) is 13.6. The number of Topliss-reactive ketones (excluding diaryl/α,β-unsaturated/α-hetero) is 1. The van der Waals surface area contributed by atoms with Gasteiger partial charge in [-0.2, -0.15) is 5.43 Å². The second-order valence-electron chi connectivity index (χ2n) is 9.22. The minimum absolute atomic E-state index is 0.0591. The third-order valence-corrected chi connectivity index (χ3v) is 5.12. The highest BCUT2D eigenvalue weighted by Gasteiger charge is 2.40. The SMILES string of the molecule is COCN1NC(C(=O)[C@H](CC(C)C)NC(=O)[C@H](CC(C)C)NC(=O)OCc2ccccc2)OC1=O. The molecule has 0 bridgehead atoms. The maximum Gasteiger partial charge on any atom is 0.428 e. The molecule has 0 aliphatic carbocycles. The number of carbonyl (C=O) groups is 4. The highest BCUT2D eigenvalue weighted by Crippen LogP contribution is 2.14. The Balaban J connectivity index is 2.04. The van der Waals surface area contributed by atoms with Gasteiger partial charge in [0.15, 0.2) is 0 Å². The molecule has 11 nitrogen and oxygen atoms in total. The third kappa shape index (κ3) is 9.18. The van der Waals surface area contributed by atoms with Crippen LogP contribution in [-0.2, 0) is 30.4 Å². The van der Waals surface area contributed by atoms with Crippen LogP contribution in [0.3, 0.4) is 0 Å². The Kier molecular flexibility index (Phi) is 10.9. The van der Waals surface area contributed by atoms with Crippen LogP contribution in [0.1, 0.15) is 46.1 Å². The number of benzene rings is 1. The van der Waals surface area contributed by atoms with Crippen LogP contribution in [0, 0.1) is 11.8 Å². The number of cyclic esters (lactones) is 1. The molecule has 1 aromatic rings. The van der Waals surface area contributed by atoms with Gasteiger partial charge < -0.3 is 24.8 Å². The summed E-state index contributed by atoms with van der Waals surface area (Å²) in [6.45, 7) is 7.61. The van der Waals surface area contributed by atoms with E-state index in [4.69, 9.17) is 14.2 Å². The van der Waals surface area contributed by atoms with Crippen LogP contribution >= 0.6 is 0 Å². The standard InChI is InChI=1S/C24H36N4O7/c1-15(2)11-18(20(29)22-27-28(14-33-5)24(32)35-22)25-21(30)19(12-16(3)4)26-23(31)34-13-17-9-7-6-8-10-17/h6-10,15-16,18-19,22,27H,11-14H2,1-5H3,(H,25,30)(H,26,31)/t18-,19-,22?/m0/s1. The number of ketones is 1. The average Bonchev–Trinajstić information content (AvgIpc) is 3.17. The number of rotatable bonds is 13. The van der Waals surface area contributed by atoms with Crippen molar-refractivity contribution in [2.75, 3.05) is 13.8 Å². The maximum atomic E-state index is 13.1. The number of carbonyl (C=O) groups excluding carboxylic acids is 4. The molecular weight excluding hydrogens is 456 g/mol. The minimum Gasteiger partial charge on any atom is -0.445 e. The van der Waals surface area contributed by atoms with Gasteiger partial charge in [-0.05, 0) is 30.2 Å². The molecule has 1 saturated heterocycles. The molecule has 2 rings (SSSR count). The Labute approximate surface area is 205 Å². The van der Waals surface area contributed by atoms with E-state index in [1.54, 1.807) is 0 Å². The zero-order valence-corrected chi connectivity index (χ0v) is 20.9. The Bertz CT molecular complexity index is 863. The normalized spacial score (nSPS) is 17.2. The lowest BCUT2D eigenvalue weighted by Gasteiger charge is -2.25. The van der Waals surface area contributed by atoms with Crippen molar-refractivity contribution in [3.05, 3.63) is 35.9 Å². The smallest absolute Gasteiger partial charge is 0.428 e. The molecule has 0 aromatic heterocycles. The zero-order chi connectivity index (χ0) is 26.0. The van der Waals surface area contributed by atoms with Gasteiger partial charge >= 0.3 is 12.2 Å². The summed E-state index contributed by atoms with van der Waals surface area (Å²) < 4.78 is 15.3. The van der Waals surface area contributed by atoms with Crippen molar-refractivity contribution in [1.82, 2.24) is 21.1 Å². The predicted octanol–water partition coefficient (Wildman–Crippen LogP) is 2.31. The summed E-state index contributed by atoms with van der Waals surface area (Å²) in [5.74, 6) is -0.885. The van der Waals surface area contributed by atoms with Gasteiger partial charge in [0, 0.05) is 7.11 Å². The van der Waals surface area contributed by atoms with E-state index >= 15 is 0 Å². The molecule has 35 heavy (non-hydrogen) atoms. The molecule has 3 amide bonds. The number of ether oxygens (including phenoxy) is 3. The van der Waals surface area contributed by atoms with E-state index in [0.717, 1.165) is 10.6 Å². The minimum atomic E-state index is -1.26. The van der Waals surface area contributed by atoms with E-state index in [1.165, 1.54) is 7.11 Å². The number of hydrogen-bond acceptors (Lipinski definition) is 8. The van der Waals surface area contributed by atoms with Gasteiger partial charge in [0.05, 0.1) is 6.04 Å². The molecule has 3 atom stereocenters.